The standard InChI is InChI=1S/C13H12BrClN2OS/c1-3-11-7(2)19-13(16-11)17-12(18)9-5-4-8(15)6-10(9)14/h4-6H,3H2,1-2H3,(H,16,17,18). The number of carbonyl (C=O) groups excluding carboxylic acids is 1. The zero-order valence-electron chi connectivity index (χ0n) is 10.5. The summed E-state index contributed by atoms with van der Waals surface area (Å²) < 4.78 is 0.668. The van der Waals surface area contributed by atoms with E-state index >= 15 is 0 Å². The molecule has 0 saturated carbocycles. The molecular formula is C13H12BrClN2OS. The summed E-state index contributed by atoms with van der Waals surface area (Å²) in [6.45, 7) is 4.05. The Morgan fingerprint density at radius 3 is 2.84 bits per heavy atom. The first-order valence-electron chi connectivity index (χ1n) is 5.74. The van der Waals surface area contributed by atoms with Crippen LogP contribution in [-0.4, -0.2) is 10.9 Å². The summed E-state index contributed by atoms with van der Waals surface area (Å²) in [6.07, 6.45) is 0.864. The molecule has 0 atom stereocenters. The van der Waals surface area contributed by atoms with Crippen LogP contribution in [0.25, 0.3) is 0 Å². The maximum atomic E-state index is 12.1. The number of amides is 1. The van der Waals surface area contributed by atoms with Crippen LogP contribution >= 0.6 is 38.9 Å². The maximum Gasteiger partial charge on any atom is 0.258 e. The van der Waals surface area contributed by atoms with E-state index in [9.17, 15) is 4.79 Å². The number of hydrogen-bond acceptors (Lipinski definition) is 3. The molecule has 100 valence electrons. The number of rotatable bonds is 3. The molecular weight excluding hydrogens is 348 g/mol. The number of nitrogens with zero attached hydrogens (tertiary/aromatic N) is 1. The predicted molar refractivity (Wildman–Crippen MR) is 83.3 cm³/mol. The van der Waals surface area contributed by atoms with Crippen molar-refractivity contribution in [1.29, 1.82) is 0 Å². The van der Waals surface area contributed by atoms with Gasteiger partial charge in [-0.3, -0.25) is 10.1 Å². The van der Waals surface area contributed by atoms with Gasteiger partial charge in [-0.05, 0) is 47.5 Å². The van der Waals surface area contributed by atoms with Crippen molar-refractivity contribution in [2.24, 2.45) is 0 Å². The first-order valence-corrected chi connectivity index (χ1v) is 7.72. The molecule has 0 fully saturated rings. The Morgan fingerprint density at radius 2 is 2.26 bits per heavy atom. The van der Waals surface area contributed by atoms with Crippen LogP contribution in [0.4, 0.5) is 5.13 Å². The normalized spacial score (nSPS) is 10.5. The van der Waals surface area contributed by atoms with Gasteiger partial charge in [0.15, 0.2) is 5.13 Å². The summed E-state index contributed by atoms with van der Waals surface area (Å²) >= 11 is 10.7. The highest BCUT2D eigenvalue weighted by atomic mass is 79.9. The lowest BCUT2D eigenvalue weighted by atomic mass is 10.2. The second-order valence-corrected chi connectivity index (χ2v) is 6.45. The van der Waals surface area contributed by atoms with Crippen molar-refractivity contribution in [3.8, 4) is 0 Å². The van der Waals surface area contributed by atoms with Gasteiger partial charge in [0.05, 0.1) is 11.3 Å². The van der Waals surface area contributed by atoms with E-state index in [1.807, 2.05) is 13.8 Å². The van der Waals surface area contributed by atoms with Gasteiger partial charge in [0.25, 0.3) is 5.91 Å². The molecule has 0 aliphatic rings. The van der Waals surface area contributed by atoms with Crippen molar-refractivity contribution in [3.63, 3.8) is 0 Å². The van der Waals surface area contributed by atoms with E-state index in [4.69, 9.17) is 11.6 Å². The third-order valence-corrected chi connectivity index (χ3v) is 4.44. The Hall–Kier alpha value is -0.910. The Bertz CT molecular complexity index is 627. The fourth-order valence-electron chi connectivity index (χ4n) is 1.65. The molecule has 1 N–H and O–H groups in total. The minimum atomic E-state index is -0.194. The lowest BCUT2D eigenvalue weighted by Crippen LogP contribution is -2.12. The molecule has 2 aromatic rings. The second-order valence-electron chi connectivity index (χ2n) is 3.95. The third-order valence-electron chi connectivity index (χ3n) is 2.62. The molecule has 2 rings (SSSR count). The molecule has 0 aliphatic carbocycles. The number of halogens is 2. The summed E-state index contributed by atoms with van der Waals surface area (Å²) in [7, 11) is 0. The Labute approximate surface area is 129 Å². The van der Waals surface area contributed by atoms with Crippen LogP contribution in [0.3, 0.4) is 0 Å². The zero-order chi connectivity index (χ0) is 14.0. The summed E-state index contributed by atoms with van der Waals surface area (Å²) in [5, 5.41) is 4.02. The van der Waals surface area contributed by atoms with E-state index in [-0.39, 0.29) is 5.91 Å². The lowest BCUT2D eigenvalue weighted by molar-refractivity contribution is 0.102. The van der Waals surface area contributed by atoms with E-state index in [1.54, 1.807) is 18.2 Å². The lowest BCUT2D eigenvalue weighted by Gasteiger charge is -2.04. The molecule has 0 unspecified atom stereocenters. The largest absolute Gasteiger partial charge is 0.298 e. The van der Waals surface area contributed by atoms with Gasteiger partial charge in [-0.15, -0.1) is 11.3 Å². The number of hydrogen-bond donors (Lipinski definition) is 1. The van der Waals surface area contributed by atoms with Crippen LogP contribution in [0.2, 0.25) is 5.02 Å². The van der Waals surface area contributed by atoms with Gasteiger partial charge < -0.3 is 0 Å². The molecule has 6 heteroatoms. The number of nitrogens with one attached hydrogen (secondary N) is 1. The van der Waals surface area contributed by atoms with Crippen LogP contribution < -0.4 is 5.32 Å². The van der Waals surface area contributed by atoms with Crippen molar-refractivity contribution in [2.45, 2.75) is 20.3 Å². The van der Waals surface area contributed by atoms with Gasteiger partial charge in [0.1, 0.15) is 0 Å². The van der Waals surface area contributed by atoms with Crippen LogP contribution in [0.5, 0.6) is 0 Å². The van der Waals surface area contributed by atoms with E-state index in [0.29, 0.717) is 20.2 Å². The average Bonchev–Trinajstić information content (AvgIpc) is 2.69. The molecule has 0 saturated heterocycles. The fourth-order valence-corrected chi connectivity index (χ4v) is 3.41. The van der Waals surface area contributed by atoms with Gasteiger partial charge in [0.2, 0.25) is 0 Å². The Kier molecular flexibility index (Phi) is 4.60. The third kappa shape index (κ3) is 3.35. The monoisotopic (exact) mass is 358 g/mol. The first-order chi connectivity index (χ1) is 9.01. The predicted octanol–water partition coefficient (Wildman–Crippen LogP) is 4.68. The number of aromatic nitrogens is 1. The minimum Gasteiger partial charge on any atom is -0.298 e. The molecule has 0 bridgehead atoms. The van der Waals surface area contributed by atoms with E-state index in [0.717, 1.165) is 17.0 Å². The van der Waals surface area contributed by atoms with Crippen molar-refractivity contribution < 1.29 is 4.79 Å². The zero-order valence-corrected chi connectivity index (χ0v) is 13.6. The Morgan fingerprint density at radius 1 is 1.53 bits per heavy atom. The minimum absolute atomic E-state index is 0.194. The molecule has 1 amide bonds. The number of aryl methyl sites for hydroxylation is 2. The second kappa shape index (κ2) is 6.03. The van der Waals surface area contributed by atoms with Crippen LogP contribution in [0, 0.1) is 6.92 Å². The van der Waals surface area contributed by atoms with Crippen LogP contribution in [0.15, 0.2) is 22.7 Å². The molecule has 19 heavy (non-hydrogen) atoms. The van der Waals surface area contributed by atoms with E-state index < -0.39 is 0 Å². The smallest absolute Gasteiger partial charge is 0.258 e. The Balaban J connectivity index is 2.20. The number of benzene rings is 1. The van der Waals surface area contributed by atoms with Crippen molar-refractivity contribution in [2.75, 3.05) is 5.32 Å². The van der Waals surface area contributed by atoms with Crippen molar-refractivity contribution in [3.05, 3.63) is 43.8 Å². The summed E-state index contributed by atoms with van der Waals surface area (Å²) in [5.74, 6) is -0.194. The van der Waals surface area contributed by atoms with Gasteiger partial charge in [-0.2, -0.15) is 0 Å². The fraction of sp³-hybridized carbons (Fsp3) is 0.231. The molecule has 1 heterocycles. The maximum absolute atomic E-state index is 12.1. The van der Waals surface area contributed by atoms with Gasteiger partial charge in [0, 0.05) is 14.4 Å². The van der Waals surface area contributed by atoms with E-state index in [2.05, 4.69) is 26.2 Å². The molecule has 0 spiro atoms. The molecule has 0 aliphatic heterocycles. The first kappa shape index (κ1) is 14.5. The molecule has 1 aromatic carbocycles. The van der Waals surface area contributed by atoms with Gasteiger partial charge >= 0.3 is 0 Å². The topological polar surface area (TPSA) is 42.0 Å². The highest BCUT2D eigenvalue weighted by Gasteiger charge is 2.13. The summed E-state index contributed by atoms with van der Waals surface area (Å²) in [4.78, 5) is 17.7. The summed E-state index contributed by atoms with van der Waals surface area (Å²) in [5.41, 5.74) is 1.56. The number of carbonyl (C=O) groups is 1. The van der Waals surface area contributed by atoms with Crippen molar-refractivity contribution >= 4 is 49.9 Å². The molecule has 0 radical (unpaired) electrons. The van der Waals surface area contributed by atoms with Crippen LogP contribution in [-0.2, 0) is 6.42 Å². The molecule has 1 aromatic heterocycles. The van der Waals surface area contributed by atoms with Crippen LogP contribution in [0.1, 0.15) is 27.9 Å². The van der Waals surface area contributed by atoms with Crippen molar-refractivity contribution in [1.82, 2.24) is 4.98 Å². The average molecular weight is 360 g/mol. The quantitative estimate of drug-likeness (QED) is 0.864. The number of thiazole rings is 1. The number of anilines is 1. The van der Waals surface area contributed by atoms with Gasteiger partial charge in [-0.1, -0.05) is 18.5 Å². The SMILES string of the molecule is CCc1nc(NC(=O)c2ccc(Cl)cc2Br)sc1C. The molecule has 3 nitrogen and oxygen atoms in total. The highest BCUT2D eigenvalue weighted by molar-refractivity contribution is 9.10. The van der Waals surface area contributed by atoms with E-state index in [1.165, 1.54) is 11.3 Å². The van der Waals surface area contributed by atoms with Gasteiger partial charge in [-0.25, -0.2) is 4.98 Å². The highest BCUT2D eigenvalue weighted by Crippen LogP contribution is 2.25. The summed E-state index contributed by atoms with van der Waals surface area (Å²) in [6, 6.07) is 5.07.